The Labute approximate surface area is 88.1 Å². The zero-order valence-electron chi connectivity index (χ0n) is 9.63. The van der Waals surface area contributed by atoms with E-state index in [9.17, 15) is 0 Å². The molecule has 1 aliphatic heterocycles. The van der Waals surface area contributed by atoms with Gasteiger partial charge in [-0.3, -0.25) is 0 Å². The van der Waals surface area contributed by atoms with Gasteiger partial charge in [0, 0.05) is 19.1 Å². The summed E-state index contributed by atoms with van der Waals surface area (Å²) in [6, 6.07) is 0.783. The summed E-state index contributed by atoms with van der Waals surface area (Å²) >= 11 is 0. The average molecular weight is 196 g/mol. The van der Waals surface area contributed by atoms with E-state index in [1.165, 1.54) is 38.9 Å². The Bertz CT molecular complexity index is 177. The fraction of sp³-hybridized carbons (Fsp3) is 1.00. The van der Waals surface area contributed by atoms with Crippen molar-refractivity contribution in [1.82, 2.24) is 10.2 Å². The maximum absolute atomic E-state index is 3.64. The predicted molar refractivity (Wildman–Crippen MR) is 60.4 cm³/mol. The molecule has 0 radical (unpaired) electrons. The second kappa shape index (κ2) is 4.63. The molecule has 2 heteroatoms. The topological polar surface area (TPSA) is 15.3 Å². The highest BCUT2D eigenvalue weighted by Gasteiger charge is 2.32. The zero-order valence-corrected chi connectivity index (χ0v) is 9.63. The highest BCUT2D eigenvalue weighted by Crippen LogP contribution is 2.33. The van der Waals surface area contributed by atoms with Crippen molar-refractivity contribution >= 4 is 0 Å². The third-order valence-electron chi connectivity index (χ3n) is 3.62. The van der Waals surface area contributed by atoms with Crippen molar-refractivity contribution in [2.45, 2.75) is 39.2 Å². The average Bonchev–Trinajstić information content (AvgIpc) is 2.91. The van der Waals surface area contributed by atoms with Crippen LogP contribution in [-0.4, -0.2) is 37.1 Å². The first-order valence-electron chi connectivity index (χ1n) is 6.25. The van der Waals surface area contributed by atoms with Crippen LogP contribution in [0.3, 0.4) is 0 Å². The molecule has 2 nitrogen and oxygen atoms in total. The van der Waals surface area contributed by atoms with E-state index >= 15 is 0 Å². The molecule has 2 atom stereocenters. The minimum atomic E-state index is 0.783. The molecule has 2 fully saturated rings. The molecule has 2 unspecified atom stereocenters. The SMILES string of the molecule is CCNC(CN1CCC(C)C1)C1CC1. The van der Waals surface area contributed by atoms with Crippen LogP contribution in [0, 0.1) is 11.8 Å². The number of hydrogen-bond donors (Lipinski definition) is 1. The number of likely N-dealkylation sites (tertiary alicyclic amines) is 1. The number of nitrogens with one attached hydrogen (secondary N) is 1. The van der Waals surface area contributed by atoms with Crippen LogP contribution in [0.25, 0.3) is 0 Å². The van der Waals surface area contributed by atoms with E-state index in [1.807, 2.05) is 0 Å². The molecule has 0 amide bonds. The van der Waals surface area contributed by atoms with E-state index in [0.717, 1.165) is 24.4 Å². The molecule has 2 rings (SSSR count). The van der Waals surface area contributed by atoms with Crippen LogP contribution >= 0.6 is 0 Å². The Balaban J connectivity index is 1.75. The molecule has 1 heterocycles. The molecular formula is C12H24N2. The first kappa shape index (κ1) is 10.4. The molecular weight excluding hydrogens is 172 g/mol. The summed E-state index contributed by atoms with van der Waals surface area (Å²) in [6.07, 6.45) is 4.33. The van der Waals surface area contributed by atoms with Crippen LogP contribution in [0.4, 0.5) is 0 Å². The van der Waals surface area contributed by atoms with E-state index in [4.69, 9.17) is 0 Å². The minimum absolute atomic E-state index is 0.783. The Hall–Kier alpha value is -0.0800. The van der Waals surface area contributed by atoms with Gasteiger partial charge in [-0.25, -0.2) is 0 Å². The lowest BCUT2D eigenvalue weighted by Gasteiger charge is -2.24. The van der Waals surface area contributed by atoms with E-state index in [2.05, 4.69) is 24.1 Å². The molecule has 1 N–H and O–H groups in total. The molecule has 0 aromatic heterocycles. The maximum atomic E-state index is 3.64. The third-order valence-corrected chi connectivity index (χ3v) is 3.62. The van der Waals surface area contributed by atoms with Crippen molar-refractivity contribution in [2.24, 2.45) is 11.8 Å². The Morgan fingerprint density at radius 1 is 1.36 bits per heavy atom. The molecule has 1 saturated heterocycles. The first-order chi connectivity index (χ1) is 6.79. The van der Waals surface area contributed by atoms with Crippen LogP contribution in [0.15, 0.2) is 0 Å². The van der Waals surface area contributed by atoms with Crippen molar-refractivity contribution in [1.29, 1.82) is 0 Å². The summed E-state index contributed by atoms with van der Waals surface area (Å²) < 4.78 is 0. The number of nitrogens with zero attached hydrogens (tertiary/aromatic N) is 1. The van der Waals surface area contributed by atoms with E-state index in [0.29, 0.717) is 0 Å². The van der Waals surface area contributed by atoms with Gasteiger partial charge in [-0.2, -0.15) is 0 Å². The second-order valence-electron chi connectivity index (χ2n) is 5.16. The fourth-order valence-electron chi connectivity index (χ4n) is 2.61. The van der Waals surface area contributed by atoms with Crippen LogP contribution in [0.2, 0.25) is 0 Å². The summed E-state index contributed by atoms with van der Waals surface area (Å²) in [4.78, 5) is 2.65. The Morgan fingerprint density at radius 2 is 2.14 bits per heavy atom. The number of hydrogen-bond acceptors (Lipinski definition) is 2. The fourth-order valence-corrected chi connectivity index (χ4v) is 2.61. The van der Waals surface area contributed by atoms with E-state index in [1.54, 1.807) is 0 Å². The normalized spacial score (nSPS) is 30.9. The summed E-state index contributed by atoms with van der Waals surface area (Å²) in [6.45, 7) is 9.68. The van der Waals surface area contributed by atoms with Gasteiger partial charge in [0.05, 0.1) is 0 Å². The first-order valence-corrected chi connectivity index (χ1v) is 6.25. The summed E-state index contributed by atoms with van der Waals surface area (Å²) in [5.41, 5.74) is 0. The minimum Gasteiger partial charge on any atom is -0.313 e. The number of rotatable bonds is 5. The molecule has 0 aromatic rings. The standard InChI is InChI=1S/C12H24N2/c1-3-13-12(11-4-5-11)9-14-7-6-10(2)8-14/h10-13H,3-9H2,1-2H3. The molecule has 14 heavy (non-hydrogen) atoms. The lowest BCUT2D eigenvalue weighted by molar-refractivity contribution is 0.270. The third kappa shape index (κ3) is 2.71. The quantitative estimate of drug-likeness (QED) is 0.720. The zero-order chi connectivity index (χ0) is 9.97. The molecule has 0 aromatic carbocycles. The van der Waals surface area contributed by atoms with Gasteiger partial charge < -0.3 is 10.2 Å². The van der Waals surface area contributed by atoms with Crippen molar-refractivity contribution in [2.75, 3.05) is 26.2 Å². The molecule has 1 saturated carbocycles. The van der Waals surface area contributed by atoms with Crippen molar-refractivity contribution < 1.29 is 0 Å². The van der Waals surface area contributed by atoms with Crippen LogP contribution in [-0.2, 0) is 0 Å². The smallest absolute Gasteiger partial charge is 0.0223 e. The van der Waals surface area contributed by atoms with Gasteiger partial charge in [0.25, 0.3) is 0 Å². The maximum Gasteiger partial charge on any atom is 0.0223 e. The lowest BCUT2D eigenvalue weighted by Crippen LogP contribution is -2.41. The van der Waals surface area contributed by atoms with Gasteiger partial charge in [0.1, 0.15) is 0 Å². The van der Waals surface area contributed by atoms with Crippen LogP contribution in [0.5, 0.6) is 0 Å². The Kier molecular flexibility index (Phi) is 3.45. The van der Waals surface area contributed by atoms with Crippen molar-refractivity contribution in [3.63, 3.8) is 0 Å². The summed E-state index contributed by atoms with van der Waals surface area (Å²) in [5, 5.41) is 3.64. The molecule has 82 valence electrons. The van der Waals surface area contributed by atoms with Gasteiger partial charge in [-0.05, 0) is 44.2 Å². The van der Waals surface area contributed by atoms with E-state index in [-0.39, 0.29) is 0 Å². The van der Waals surface area contributed by atoms with Crippen LogP contribution in [0.1, 0.15) is 33.1 Å². The van der Waals surface area contributed by atoms with Gasteiger partial charge in [-0.15, -0.1) is 0 Å². The van der Waals surface area contributed by atoms with E-state index < -0.39 is 0 Å². The Morgan fingerprint density at radius 3 is 2.64 bits per heavy atom. The highest BCUT2D eigenvalue weighted by atomic mass is 15.2. The van der Waals surface area contributed by atoms with Crippen LogP contribution < -0.4 is 5.32 Å². The molecule has 0 bridgehead atoms. The highest BCUT2D eigenvalue weighted by molar-refractivity contribution is 4.89. The predicted octanol–water partition coefficient (Wildman–Crippen LogP) is 1.72. The molecule has 0 spiro atoms. The second-order valence-corrected chi connectivity index (χ2v) is 5.16. The molecule has 2 aliphatic rings. The van der Waals surface area contributed by atoms with Gasteiger partial charge in [-0.1, -0.05) is 13.8 Å². The monoisotopic (exact) mass is 196 g/mol. The lowest BCUT2D eigenvalue weighted by atomic mass is 10.1. The van der Waals surface area contributed by atoms with Crippen molar-refractivity contribution in [3.05, 3.63) is 0 Å². The number of likely N-dealkylation sites (N-methyl/N-ethyl adjacent to an activating group) is 1. The van der Waals surface area contributed by atoms with Gasteiger partial charge in [0.2, 0.25) is 0 Å². The van der Waals surface area contributed by atoms with Gasteiger partial charge >= 0.3 is 0 Å². The largest absolute Gasteiger partial charge is 0.313 e. The summed E-state index contributed by atoms with van der Waals surface area (Å²) in [5.74, 6) is 1.92. The molecule has 1 aliphatic carbocycles. The summed E-state index contributed by atoms with van der Waals surface area (Å²) in [7, 11) is 0. The van der Waals surface area contributed by atoms with Gasteiger partial charge in [0.15, 0.2) is 0 Å². The van der Waals surface area contributed by atoms with Crippen molar-refractivity contribution in [3.8, 4) is 0 Å².